The first kappa shape index (κ1) is 11.2. The lowest BCUT2D eigenvalue weighted by Gasteiger charge is -2.06. The summed E-state index contributed by atoms with van der Waals surface area (Å²) in [7, 11) is 0. The Morgan fingerprint density at radius 2 is 2.08 bits per heavy atom. The number of rotatable bonds is 5. The van der Waals surface area contributed by atoms with Crippen LogP contribution in [0.25, 0.3) is 0 Å². The van der Waals surface area contributed by atoms with Crippen molar-refractivity contribution in [3.8, 4) is 0 Å². The number of primary amides is 1. The molecule has 0 saturated carbocycles. The molecule has 0 aliphatic heterocycles. The van der Waals surface area contributed by atoms with E-state index in [4.69, 9.17) is 11.6 Å². The lowest BCUT2D eigenvalue weighted by atomic mass is 10.2. The van der Waals surface area contributed by atoms with Crippen molar-refractivity contribution < 1.29 is 9.59 Å². The summed E-state index contributed by atoms with van der Waals surface area (Å²) < 4.78 is 0. The van der Waals surface area contributed by atoms with Gasteiger partial charge in [-0.15, -0.1) is 0 Å². The van der Waals surface area contributed by atoms with Gasteiger partial charge >= 0.3 is 0 Å². The molecule has 0 radical (unpaired) electrons. The zero-order chi connectivity index (χ0) is 9.56. The average molecular weight is 191 g/mol. The highest BCUT2D eigenvalue weighted by Crippen LogP contribution is 2.08. The fourth-order valence-electron chi connectivity index (χ4n) is 0.704. The van der Waals surface area contributed by atoms with E-state index < -0.39 is 5.91 Å². The van der Waals surface area contributed by atoms with Crippen LogP contribution in [-0.2, 0) is 9.59 Å². The minimum Gasteiger partial charge on any atom is -0.370 e. The van der Waals surface area contributed by atoms with Crippen LogP contribution in [0.1, 0.15) is 19.3 Å². The van der Waals surface area contributed by atoms with Crippen LogP contribution in [0.3, 0.4) is 0 Å². The van der Waals surface area contributed by atoms with Gasteiger partial charge < -0.3 is 5.73 Å². The quantitative estimate of drug-likeness (QED) is 0.193. The van der Waals surface area contributed by atoms with Crippen LogP contribution in [0.4, 0.5) is 0 Å². The second-order valence-electron chi connectivity index (χ2n) is 2.43. The Hall–Kier alpha value is -0.750. The zero-order valence-electron chi connectivity index (χ0n) is 6.62. The first-order valence-electron chi connectivity index (χ1n) is 3.52. The van der Waals surface area contributed by atoms with E-state index in [0.29, 0.717) is 6.42 Å². The number of thiol groups is 1. The molecule has 0 aliphatic rings. The Morgan fingerprint density at radius 1 is 1.50 bits per heavy atom. The molecule has 0 aromatic rings. The Labute approximate surface area is 76.2 Å². The van der Waals surface area contributed by atoms with E-state index in [1.165, 1.54) is 0 Å². The fourth-order valence-corrected chi connectivity index (χ4v) is 1.01. The number of hydrogen-bond acceptors (Lipinski definition) is 4. The van der Waals surface area contributed by atoms with Gasteiger partial charge in [0.25, 0.3) is 0 Å². The van der Waals surface area contributed by atoms with E-state index in [-0.39, 0.29) is 24.0 Å². The van der Waals surface area contributed by atoms with Gasteiger partial charge in [-0.1, -0.05) is 0 Å². The number of hydrogen-bond donors (Lipinski definition) is 4. The molecule has 0 aromatic carbocycles. The van der Waals surface area contributed by atoms with E-state index in [0.717, 1.165) is 0 Å². The Kier molecular flexibility index (Phi) is 5.48. The molecule has 0 aromatic heterocycles. The summed E-state index contributed by atoms with van der Waals surface area (Å²) in [5.41, 5.74) is 6.90. The molecule has 0 aliphatic carbocycles. The molecular weight excluding hydrogens is 178 g/mol. The molecule has 5 nitrogen and oxygen atoms in total. The molecule has 6 heteroatoms. The van der Waals surface area contributed by atoms with Gasteiger partial charge in [0.15, 0.2) is 0 Å². The predicted octanol–water partition coefficient (Wildman–Crippen LogP) is -1.07. The average Bonchev–Trinajstić information content (AvgIpc) is 1.99. The van der Waals surface area contributed by atoms with Gasteiger partial charge in [-0.05, 0) is 6.42 Å². The maximum Gasteiger partial charge on any atom is 0.233 e. The topological polar surface area (TPSA) is 98.2 Å². The molecule has 0 bridgehead atoms. The largest absolute Gasteiger partial charge is 0.370 e. The Balaban J connectivity index is 3.50. The van der Waals surface area contributed by atoms with Gasteiger partial charge in [-0.3, -0.25) is 15.0 Å². The highest BCUT2D eigenvalue weighted by Gasteiger charge is 2.08. The van der Waals surface area contributed by atoms with Crippen LogP contribution in [0.2, 0.25) is 0 Å². The molecule has 2 amide bonds. The monoisotopic (exact) mass is 191 g/mol. The molecule has 0 spiro atoms. The third-order valence-electron chi connectivity index (χ3n) is 1.30. The van der Waals surface area contributed by atoms with Gasteiger partial charge in [-0.2, -0.15) is 12.6 Å². The lowest BCUT2D eigenvalue weighted by molar-refractivity contribution is -0.122. The third kappa shape index (κ3) is 5.99. The van der Waals surface area contributed by atoms with Crippen molar-refractivity contribution in [2.24, 2.45) is 11.6 Å². The van der Waals surface area contributed by atoms with E-state index in [2.05, 4.69) is 12.6 Å². The van der Waals surface area contributed by atoms with Crippen molar-refractivity contribution in [1.82, 2.24) is 5.43 Å². The first-order valence-corrected chi connectivity index (χ1v) is 4.03. The maximum absolute atomic E-state index is 10.6. The highest BCUT2D eigenvalue weighted by atomic mass is 32.1. The fraction of sp³-hybridized carbons (Fsp3) is 0.667. The van der Waals surface area contributed by atoms with E-state index in [9.17, 15) is 9.59 Å². The SMILES string of the molecule is NNC(=O)CCC(S)CC(N)=O. The van der Waals surface area contributed by atoms with Crippen LogP contribution in [0, 0.1) is 0 Å². The van der Waals surface area contributed by atoms with Crippen molar-refractivity contribution in [3.63, 3.8) is 0 Å². The number of carbonyl (C=O) groups is 2. The Bertz CT molecular complexity index is 174. The molecular formula is C6H13N3O2S. The van der Waals surface area contributed by atoms with Crippen LogP contribution >= 0.6 is 12.6 Å². The highest BCUT2D eigenvalue weighted by molar-refractivity contribution is 7.81. The summed E-state index contributed by atoms with van der Waals surface area (Å²) in [6.45, 7) is 0. The van der Waals surface area contributed by atoms with Crippen LogP contribution in [-0.4, -0.2) is 17.1 Å². The van der Waals surface area contributed by atoms with Crippen molar-refractivity contribution in [2.75, 3.05) is 0 Å². The van der Waals surface area contributed by atoms with E-state index in [1.54, 1.807) is 0 Å². The second-order valence-corrected chi connectivity index (χ2v) is 3.16. The van der Waals surface area contributed by atoms with Crippen LogP contribution in [0.5, 0.6) is 0 Å². The number of nitrogens with one attached hydrogen (secondary N) is 1. The number of hydrazine groups is 1. The summed E-state index contributed by atoms with van der Waals surface area (Å²) in [6.07, 6.45) is 0.938. The van der Waals surface area contributed by atoms with Gasteiger partial charge in [-0.25, -0.2) is 5.84 Å². The molecule has 0 rings (SSSR count). The summed E-state index contributed by atoms with van der Waals surface area (Å²) in [6, 6.07) is 0. The second kappa shape index (κ2) is 5.84. The van der Waals surface area contributed by atoms with Gasteiger partial charge in [0.1, 0.15) is 0 Å². The lowest BCUT2D eigenvalue weighted by Crippen LogP contribution is -2.30. The standard InChI is InChI=1S/C6H13N3O2S/c7-5(10)3-4(12)1-2-6(11)9-8/h4,12H,1-3,8H2,(H2,7,10)(H,9,11). The van der Waals surface area contributed by atoms with Crippen molar-refractivity contribution in [2.45, 2.75) is 24.5 Å². The number of nitrogens with two attached hydrogens (primary N) is 2. The summed E-state index contributed by atoms with van der Waals surface area (Å²) in [4.78, 5) is 21.0. The molecule has 0 heterocycles. The zero-order valence-corrected chi connectivity index (χ0v) is 7.51. The number of carbonyl (C=O) groups excluding carboxylic acids is 2. The predicted molar refractivity (Wildman–Crippen MR) is 48.1 cm³/mol. The summed E-state index contributed by atoms with van der Waals surface area (Å²) >= 11 is 4.06. The maximum atomic E-state index is 10.6. The van der Waals surface area contributed by atoms with Crippen molar-refractivity contribution >= 4 is 24.4 Å². The van der Waals surface area contributed by atoms with E-state index >= 15 is 0 Å². The molecule has 1 unspecified atom stereocenters. The Morgan fingerprint density at radius 3 is 2.50 bits per heavy atom. The normalized spacial score (nSPS) is 12.2. The molecule has 12 heavy (non-hydrogen) atoms. The summed E-state index contributed by atoms with van der Waals surface area (Å²) in [5.74, 6) is 4.16. The van der Waals surface area contributed by atoms with Crippen LogP contribution < -0.4 is 17.0 Å². The minimum atomic E-state index is -0.414. The molecule has 0 fully saturated rings. The molecule has 0 saturated heterocycles. The van der Waals surface area contributed by atoms with Gasteiger partial charge in [0.05, 0.1) is 0 Å². The minimum absolute atomic E-state index is 0.167. The third-order valence-corrected chi connectivity index (χ3v) is 1.74. The smallest absolute Gasteiger partial charge is 0.233 e. The van der Waals surface area contributed by atoms with Gasteiger partial charge in [0.2, 0.25) is 11.8 Å². The first-order chi connectivity index (χ1) is 5.56. The van der Waals surface area contributed by atoms with Crippen molar-refractivity contribution in [3.05, 3.63) is 0 Å². The van der Waals surface area contributed by atoms with Gasteiger partial charge in [0, 0.05) is 18.1 Å². The van der Waals surface area contributed by atoms with E-state index in [1.807, 2.05) is 5.43 Å². The molecule has 5 N–H and O–H groups in total. The number of amides is 2. The molecule has 1 atom stereocenters. The van der Waals surface area contributed by atoms with Crippen LogP contribution in [0.15, 0.2) is 0 Å². The molecule has 70 valence electrons. The summed E-state index contributed by atoms with van der Waals surface area (Å²) in [5, 5.41) is -0.167. The van der Waals surface area contributed by atoms with Crippen molar-refractivity contribution in [1.29, 1.82) is 0 Å².